The summed E-state index contributed by atoms with van der Waals surface area (Å²) in [6.45, 7) is 3.04. The van der Waals surface area contributed by atoms with Gasteiger partial charge in [0.1, 0.15) is 5.75 Å². The fraction of sp³-hybridized carbons (Fsp3) is 0.300. The van der Waals surface area contributed by atoms with Crippen molar-refractivity contribution in [2.24, 2.45) is 0 Å². The van der Waals surface area contributed by atoms with Crippen LogP contribution < -0.4 is 9.64 Å². The molecule has 0 N–H and O–H groups in total. The van der Waals surface area contributed by atoms with E-state index in [2.05, 4.69) is 0 Å². The van der Waals surface area contributed by atoms with Crippen LogP contribution in [0, 0.1) is 6.92 Å². The molecule has 6 heteroatoms. The van der Waals surface area contributed by atoms with Crippen molar-refractivity contribution in [1.82, 2.24) is 0 Å². The Labute approximate surface area is 152 Å². The average molecular weight is 355 g/mol. The van der Waals surface area contributed by atoms with Gasteiger partial charge in [0.05, 0.1) is 19.8 Å². The molecule has 3 rings (SSSR count). The highest BCUT2D eigenvalue weighted by Crippen LogP contribution is 2.21. The van der Waals surface area contributed by atoms with Gasteiger partial charge in [0.15, 0.2) is 6.10 Å². The molecule has 2 aromatic carbocycles. The molecule has 0 bridgehead atoms. The van der Waals surface area contributed by atoms with Gasteiger partial charge in [0.25, 0.3) is 5.91 Å². The average Bonchev–Trinajstić information content (AvgIpc) is 2.69. The largest absolute Gasteiger partial charge is 0.425 e. The quantitative estimate of drug-likeness (QED) is 0.623. The van der Waals surface area contributed by atoms with E-state index in [9.17, 15) is 9.59 Å². The highest BCUT2D eigenvalue weighted by molar-refractivity contribution is 6.05. The molecule has 136 valence electrons. The van der Waals surface area contributed by atoms with Crippen molar-refractivity contribution >= 4 is 17.6 Å². The van der Waals surface area contributed by atoms with Crippen LogP contribution in [0.5, 0.6) is 5.75 Å². The summed E-state index contributed by atoms with van der Waals surface area (Å²) < 4.78 is 15.8. The number of hydrogen-bond acceptors (Lipinski definition) is 5. The monoisotopic (exact) mass is 355 g/mol. The fourth-order valence-electron chi connectivity index (χ4n) is 2.55. The Morgan fingerprint density at radius 1 is 1.04 bits per heavy atom. The van der Waals surface area contributed by atoms with Gasteiger partial charge in [0.2, 0.25) is 0 Å². The highest BCUT2D eigenvalue weighted by atomic mass is 16.6. The Balaban J connectivity index is 1.63. The molecular weight excluding hydrogens is 334 g/mol. The number of ether oxygens (including phenoxy) is 3. The van der Waals surface area contributed by atoms with Gasteiger partial charge in [-0.1, -0.05) is 17.7 Å². The minimum absolute atomic E-state index is 0.109. The minimum Gasteiger partial charge on any atom is -0.425 e. The lowest BCUT2D eigenvalue weighted by Gasteiger charge is -2.21. The first-order valence-corrected chi connectivity index (χ1v) is 8.40. The first kappa shape index (κ1) is 18.1. The minimum atomic E-state index is -0.700. The van der Waals surface area contributed by atoms with Gasteiger partial charge in [-0.25, -0.2) is 4.79 Å². The Morgan fingerprint density at radius 3 is 2.35 bits per heavy atom. The van der Waals surface area contributed by atoms with Crippen molar-refractivity contribution in [3.8, 4) is 5.75 Å². The van der Waals surface area contributed by atoms with Gasteiger partial charge >= 0.3 is 5.97 Å². The number of benzene rings is 2. The summed E-state index contributed by atoms with van der Waals surface area (Å²) in [5.41, 5.74) is 2.42. The number of amides is 1. The topological polar surface area (TPSA) is 65.1 Å². The fourth-order valence-corrected chi connectivity index (χ4v) is 2.55. The molecule has 1 saturated heterocycles. The molecular formula is C20H21NO5. The molecule has 0 aliphatic carbocycles. The third-order valence-corrected chi connectivity index (χ3v) is 4.12. The van der Waals surface area contributed by atoms with Crippen LogP contribution in [0.2, 0.25) is 0 Å². The molecule has 1 aliphatic heterocycles. The second kappa shape index (κ2) is 8.12. The summed E-state index contributed by atoms with van der Waals surface area (Å²) in [7, 11) is 1.70. The maximum absolute atomic E-state index is 12.5. The van der Waals surface area contributed by atoms with Crippen LogP contribution in [-0.4, -0.2) is 44.8 Å². The Hall–Kier alpha value is -2.70. The number of esters is 1. The molecule has 1 fully saturated rings. The Bertz CT molecular complexity index is 764. The Morgan fingerprint density at radius 2 is 1.73 bits per heavy atom. The lowest BCUT2D eigenvalue weighted by molar-refractivity contribution is -0.161. The van der Waals surface area contributed by atoms with E-state index in [1.807, 2.05) is 19.1 Å². The van der Waals surface area contributed by atoms with Crippen molar-refractivity contribution in [2.75, 3.05) is 31.8 Å². The zero-order valence-electron chi connectivity index (χ0n) is 14.8. The molecule has 0 saturated carbocycles. The van der Waals surface area contributed by atoms with Gasteiger partial charge < -0.3 is 19.1 Å². The van der Waals surface area contributed by atoms with E-state index in [1.165, 1.54) is 0 Å². The molecule has 0 aromatic heterocycles. The van der Waals surface area contributed by atoms with E-state index in [0.717, 1.165) is 5.56 Å². The summed E-state index contributed by atoms with van der Waals surface area (Å²) in [5, 5.41) is 0. The molecule has 1 atom stereocenters. The maximum Gasteiger partial charge on any atom is 0.343 e. The molecule has 1 amide bonds. The normalized spacial score (nSPS) is 16.8. The molecule has 0 spiro atoms. The molecule has 2 aromatic rings. The lowest BCUT2D eigenvalue weighted by Crippen LogP contribution is -2.38. The molecule has 6 nitrogen and oxygen atoms in total. The van der Waals surface area contributed by atoms with E-state index >= 15 is 0 Å². The molecule has 26 heavy (non-hydrogen) atoms. The van der Waals surface area contributed by atoms with Crippen molar-refractivity contribution in [3.05, 3.63) is 59.7 Å². The summed E-state index contributed by atoms with van der Waals surface area (Å²) >= 11 is 0. The third kappa shape index (κ3) is 4.28. The van der Waals surface area contributed by atoms with Crippen LogP contribution in [0.3, 0.4) is 0 Å². The smallest absolute Gasteiger partial charge is 0.343 e. The summed E-state index contributed by atoms with van der Waals surface area (Å²) in [6, 6.07) is 14.2. The molecule has 0 radical (unpaired) electrons. The van der Waals surface area contributed by atoms with Crippen molar-refractivity contribution in [1.29, 1.82) is 0 Å². The van der Waals surface area contributed by atoms with Gasteiger partial charge in [-0.15, -0.1) is 0 Å². The molecule has 0 unspecified atom stereocenters. The van der Waals surface area contributed by atoms with Crippen LogP contribution in [0.1, 0.15) is 15.9 Å². The molecule has 1 aliphatic rings. The number of rotatable bonds is 4. The maximum atomic E-state index is 12.5. The van der Waals surface area contributed by atoms with Crippen LogP contribution in [0.4, 0.5) is 5.69 Å². The number of aryl methyl sites for hydroxylation is 1. The zero-order chi connectivity index (χ0) is 18.5. The van der Waals surface area contributed by atoms with E-state index in [4.69, 9.17) is 14.2 Å². The number of carbonyl (C=O) groups is 2. The zero-order valence-corrected chi connectivity index (χ0v) is 14.8. The van der Waals surface area contributed by atoms with Crippen LogP contribution in [0.15, 0.2) is 48.5 Å². The number of anilines is 1. The van der Waals surface area contributed by atoms with E-state index in [-0.39, 0.29) is 12.5 Å². The second-order valence-corrected chi connectivity index (χ2v) is 6.08. The van der Waals surface area contributed by atoms with Gasteiger partial charge in [-0.3, -0.25) is 4.79 Å². The van der Waals surface area contributed by atoms with Gasteiger partial charge in [-0.05, 0) is 43.3 Å². The van der Waals surface area contributed by atoms with Crippen molar-refractivity contribution < 1.29 is 23.8 Å². The Kier molecular flexibility index (Phi) is 5.65. The van der Waals surface area contributed by atoms with Crippen LogP contribution >= 0.6 is 0 Å². The van der Waals surface area contributed by atoms with Crippen LogP contribution in [-0.2, 0) is 14.3 Å². The van der Waals surface area contributed by atoms with Gasteiger partial charge in [-0.2, -0.15) is 0 Å². The van der Waals surface area contributed by atoms with Crippen molar-refractivity contribution in [3.63, 3.8) is 0 Å². The summed E-state index contributed by atoms with van der Waals surface area (Å²) in [6.07, 6.45) is -0.700. The second-order valence-electron chi connectivity index (χ2n) is 6.08. The lowest BCUT2D eigenvalue weighted by atomic mass is 10.1. The van der Waals surface area contributed by atoms with E-state index in [0.29, 0.717) is 30.2 Å². The number of nitrogens with zero attached hydrogens (tertiary/aromatic N) is 1. The van der Waals surface area contributed by atoms with Crippen molar-refractivity contribution in [2.45, 2.75) is 13.0 Å². The number of hydrogen-bond donors (Lipinski definition) is 0. The van der Waals surface area contributed by atoms with Gasteiger partial charge in [0, 0.05) is 18.3 Å². The summed E-state index contributed by atoms with van der Waals surface area (Å²) in [5.74, 6) is -0.201. The SMILES string of the molecule is Cc1ccc(C(=O)N(C)c2ccc(OC(=O)[C@H]3COCCO3)cc2)cc1. The van der Waals surface area contributed by atoms with E-state index < -0.39 is 12.1 Å². The third-order valence-electron chi connectivity index (χ3n) is 4.12. The predicted molar refractivity (Wildman–Crippen MR) is 96.5 cm³/mol. The standard InChI is InChI=1S/C20H21NO5/c1-14-3-5-15(6-4-14)19(22)21(2)16-7-9-17(10-8-16)26-20(23)18-13-24-11-12-25-18/h3-10,18H,11-13H2,1-2H3/t18-/m1/s1. The highest BCUT2D eigenvalue weighted by Gasteiger charge is 2.24. The first-order valence-electron chi connectivity index (χ1n) is 8.40. The predicted octanol–water partition coefficient (Wildman–Crippen LogP) is 2.59. The summed E-state index contributed by atoms with van der Waals surface area (Å²) in [4.78, 5) is 26.1. The first-order chi connectivity index (χ1) is 12.5. The van der Waals surface area contributed by atoms with E-state index in [1.54, 1.807) is 48.3 Å². The van der Waals surface area contributed by atoms with Crippen LogP contribution in [0.25, 0.3) is 0 Å². The number of carbonyl (C=O) groups excluding carboxylic acids is 2. The molecule has 1 heterocycles.